The summed E-state index contributed by atoms with van der Waals surface area (Å²) in [7, 11) is -4.55. The first-order valence-corrected chi connectivity index (χ1v) is 6.82. The molecular formula is C9H14F3NO4S. The number of alkyl halides is 3. The lowest BCUT2D eigenvalue weighted by atomic mass is 9.83. The summed E-state index contributed by atoms with van der Waals surface area (Å²) in [6.45, 7) is 0. The molecule has 0 aromatic heterocycles. The summed E-state index contributed by atoms with van der Waals surface area (Å²) >= 11 is 0. The minimum absolute atomic E-state index is 0.00891. The number of carbonyl (C=O) groups is 1. The minimum Gasteiger partial charge on any atom is -0.468 e. The molecule has 1 fully saturated rings. The molecule has 0 aliphatic heterocycles. The number of carbonyl (C=O) groups excluding carboxylic acids is 1. The second-order valence-corrected chi connectivity index (χ2v) is 5.86. The van der Waals surface area contributed by atoms with E-state index >= 15 is 0 Å². The van der Waals surface area contributed by atoms with Crippen molar-refractivity contribution in [3.63, 3.8) is 0 Å². The highest BCUT2D eigenvalue weighted by Crippen LogP contribution is 2.33. The number of ether oxygens (including phenoxy) is 1. The van der Waals surface area contributed by atoms with E-state index in [4.69, 9.17) is 0 Å². The van der Waals surface area contributed by atoms with Gasteiger partial charge in [0.2, 0.25) is 0 Å². The van der Waals surface area contributed by atoms with Gasteiger partial charge in [-0.25, -0.2) is 8.42 Å². The van der Waals surface area contributed by atoms with Crippen molar-refractivity contribution in [2.75, 3.05) is 7.11 Å². The summed E-state index contributed by atoms with van der Waals surface area (Å²) in [5, 5.41) is 0. The summed E-state index contributed by atoms with van der Waals surface area (Å²) < 4.78 is 65.1. The van der Waals surface area contributed by atoms with Gasteiger partial charge in [-0.2, -0.15) is 17.9 Å². The molecule has 0 unspecified atom stereocenters. The average molecular weight is 289 g/mol. The molecule has 0 bridgehead atoms. The van der Waals surface area contributed by atoms with Crippen molar-refractivity contribution in [3.05, 3.63) is 0 Å². The van der Waals surface area contributed by atoms with E-state index < -0.39 is 27.0 Å². The molecule has 1 aliphatic carbocycles. The van der Waals surface area contributed by atoms with Crippen molar-refractivity contribution in [1.29, 1.82) is 0 Å². The highest BCUT2D eigenvalue weighted by atomic mass is 32.2. The van der Waals surface area contributed by atoms with Crippen LogP contribution in [0.3, 0.4) is 0 Å². The van der Waals surface area contributed by atoms with Gasteiger partial charge in [-0.05, 0) is 12.8 Å². The Balaban J connectivity index is 3.04. The highest BCUT2D eigenvalue weighted by Gasteiger charge is 2.53. The predicted molar refractivity (Wildman–Crippen MR) is 55.9 cm³/mol. The molecule has 0 heterocycles. The molecule has 0 amide bonds. The molecule has 0 spiro atoms. The van der Waals surface area contributed by atoms with Gasteiger partial charge in [-0.3, -0.25) is 4.79 Å². The first-order valence-electron chi connectivity index (χ1n) is 5.33. The number of rotatable bonds is 3. The van der Waals surface area contributed by atoms with Crippen molar-refractivity contribution in [2.45, 2.75) is 43.2 Å². The average Bonchev–Trinajstić information content (AvgIpc) is 2.27. The molecule has 0 saturated heterocycles. The summed E-state index contributed by atoms with van der Waals surface area (Å²) in [5.41, 5.74) is -7.23. The number of hydrogen-bond donors (Lipinski definition) is 1. The molecule has 9 heteroatoms. The third kappa shape index (κ3) is 2.94. The Morgan fingerprint density at radius 3 is 2.11 bits per heavy atom. The van der Waals surface area contributed by atoms with Crippen LogP contribution in [0, 0.1) is 0 Å². The fourth-order valence-corrected chi connectivity index (χ4v) is 2.93. The Morgan fingerprint density at radius 2 is 1.72 bits per heavy atom. The highest BCUT2D eigenvalue weighted by molar-refractivity contribution is 7.90. The molecule has 0 aromatic rings. The molecule has 18 heavy (non-hydrogen) atoms. The first-order chi connectivity index (χ1) is 8.15. The van der Waals surface area contributed by atoms with Crippen LogP contribution in [0.4, 0.5) is 13.2 Å². The number of methoxy groups -OCH3 is 1. The topological polar surface area (TPSA) is 72.5 Å². The molecule has 106 valence electrons. The van der Waals surface area contributed by atoms with Gasteiger partial charge in [-0.15, -0.1) is 0 Å². The number of halogens is 3. The molecule has 1 N–H and O–H groups in total. The Bertz CT molecular complexity index is 412. The smallest absolute Gasteiger partial charge is 0.468 e. The third-order valence-corrected chi connectivity index (χ3v) is 4.19. The molecule has 1 saturated carbocycles. The number of nitrogens with one attached hydrogen (secondary N) is 1. The second kappa shape index (κ2) is 5.04. The van der Waals surface area contributed by atoms with Crippen LogP contribution in [0.5, 0.6) is 0 Å². The Morgan fingerprint density at radius 1 is 1.22 bits per heavy atom. The number of sulfonamides is 1. The van der Waals surface area contributed by atoms with E-state index in [0.29, 0.717) is 12.8 Å². The Labute approximate surface area is 103 Å². The SMILES string of the molecule is COC(=O)C1(NS(=O)(=O)C(F)(F)F)CCCCC1. The van der Waals surface area contributed by atoms with Crippen LogP contribution >= 0.6 is 0 Å². The standard InChI is InChI=1S/C9H14F3NO4S/c1-17-7(14)8(5-3-2-4-6-8)13-18(15,16)9(10,11)12/h13H,2-6H2,1H3. The van der Waals surface area contributed by atoms with Crippen molar-refractivity contribution in [1.82, 2.24) is 4.72 Å². The maximum atomic E-state index is 12.3. The van der Waals surface area contributed by atoms with Crippen LogP contribution in [-0.2, 0) is 19.6 Å². The van der Waals surface area contributed by atoms with E-state index in [0.717, 1.165) is 13.5 Å². The molecule has 0 atom stereocenters. The van der Waals surface area contributed by atoms with Crippen LogP contribution in [0.1, 0.15) is 32.1 Å². The van der Waals surface area contributed by atoms with Gasteiger partial charge < -0.3 is 4.74 Å². The summed E-state index contributed by atoms with van der Waals surface area (Å²) in [6, 6.07) is 0. The zero-order chi connectivity index (χ0) is 14.0. The normalized spacial score (nSPS) is 20.4. The fourth-order valence-electron chi connectivity index (χ4n) is 2.01. The Kier molecular flexibility index (Phi) is 4.26. The summed E-state index contributed by atoms with van der Waals surface area (Å²) in [4.78, 5) is 11.6. The molecule has 1 rings (SSSR count). The lowest BCUT2D eigenvalue weighted by molar-refractivity contribution is -0.149. The summed E-state index contributed by atoms with van der Waals surface area (Å²) in [5.74, 6) is -0.977. The second-order valence-electron chi connectivity index (χ2n) is 4.19. The fraction of sp³-hybridized carbons (Fsp3) is 0.889. The maximum absolute atomic E-state index is 12.3. The zero-order valence-electron chi connectivity index (χ0n) is 9.71. The minimum atomic E-state index is -5.56. The van der Waals surface area contributed by atoms with Crippen molar-refractivity contribution in [3.8, 4) is 0 Å². The monoisotopic (exact) mass is 289 g/mol. The van der Waals surface area contributed by atoms with Crippen LogP contribution in [0.2, 0.25) is 0 Å². The van der Waals surface area contributed by atoms with Gasteiger partial charge >= 0.3 is 21.5 Å². The lowest BCUT2D eigenvalue weighted by Gasteiger charge is -2.34. The van der Waals surface area contributed by atoms with E-state index in [1.807, 2.05) is 0 Å². The van der Waals surface area contributed by atoms with Crippen LogP contribution in [-0.4, -0.2) is 32.5 Å². The number of esters is 1. The van der Waals surface area contributed by atoms with E-state index in [1.54, 1.807) is 0 Å². The van der Waals surface area contributed by atoms with Crippen molar-refractivity contribution in [2.24, 2.45) is 0 Å². The first kappa shape index (κ1) is 15.2. The maximum Gasteiger partial charge on any atom is 0.511 e. The zero-order valence-corrected chi connectivity index (χ0v) is 10.5. The van der Waals surface area contributed by atoms with Gasteiger partial charge in [0.15, 0.2) is 0 Å². The van der Waals surface area contributed by atoms with Gasteiger partial charge in [0.05, 0.1) is 7.11 Å². The third-order valence-electron chi connectivity index (χ3n) is 2.92. The van der Waals surface area contributed by atoms with Gasteiger partial charge in [-0.1, -0.05) is 19.3 Å². The van der Waals surface area contributed by atoms with Crippen molar-refractivity contribution < 1.29 is 31.1 Å². The molecule has 0 radical (unpaired) electrons. The van der Waals surface area contributed by atoms with Crippen LogP contribution in [0.25, 0.3) is 0 Å². The van der Waals surface area contributed by atoms with Crippen molar-refractivity contribution >= 4 is 16.0 Å². The number of hydrogen-bond acceptors (Lipinski definition) is 4. The van der Waals surface area contributed by atoms with E-state index in [2.05, 4.69) is 4.74 Å². The van der Waals surface area contributed by atoms with Gasteiger partial charge in [0, 0.05) is 0 Å². The molecule has 1 aliphatic rings. The van der Waals surface area contributed by atoms with E-state index in [9.17, 15) is 26.4 Å². The van der Waals surface area contributed by atoms with E-state index in [1.165, 1.54) is 4.72 Å². The molecular weight excluding hydrogens is 275 g/mol. The van der Waals surface area contributed by atoms with Gasteiger partial charge in [0.25, 0.3) is 0 Å². The Hall–Kier alpha value is -0.830. The predicted octanol–water partition coefficient (Wildman–Crippen LogP) is 1.30. The van der Waals surface area contributed by atoms with Crippen LogP contribution < -0.4 is 4.72 Å². The largest absolute Gasteiger partial charge is 0.511 e. The quantitative estimate of drug-likeness (QED) is 0.795. The van der Waals surface area contributed by atoms with Crippen LogP contribution in [0.15, 0.2) is 0 Å². The molecule has 5 nitrogen and oxygen atoms in total. The van der Waals surface area contributed by atoms with Gasteiger partial charge in [0.1, 0.15) is 5.54 Å². The molecule has 0 aromatic carbocycles. The van der Waals surface area contributed by atoms with E-state index in [-0.39, 0.29) is 12.8 Å². The lowest BCUT2D eigenvalue weighted by Crippen LogP contribution is -2.58. The summed E-state index contributed by atoms with van der Waals surface area (Å²) in [6.07, 6.45) is 1.70.